The van der Waals surface area contributed by atoms with Crippen LogP contribution in [-0.4, -0.2) is 37.4 Å². The Morgan fingerprint density at radius 2 is 1.60 bits per heavy atom. The number of carbonyl (C=O) groups is 1. The number of anilines is 1. The van der Waals surface area contributed by atoms with Crippen LogP contribution in [-0.2, 0) is 0 Å². The van der Waals surface area contributed by atoms with Crippen LogP contribution in [0.15, 0.2) is 36.4 Å². The van der Waals surface area contributed by atoms with Gasteiger partial charge in [-0.3, -0.25) is 9.69 Å². The number of aldehydes is 1. The maximum absolute atomic E-state index is 10.9. The van der Waals surface area contributed by atoms with Crippen LogP contribution in [0, 0.1) is 20.8 Å². The molecule has 132 valence electrons. The van der Waals surface area contributed by atoms with Crippen molar-refractivity contribution < 1.29 is 4.79 Å². The van der Waals surface area contributed by atoms with E-state index in [1.807, 2.05) is 12.1 Å². The van der Waals surface area contributed by atoms with Crippen LogP contribution in [0.1, 0.15) is 45.6 Å². The zero-order valence-corrected chi connectivity index (χ0v) is 15.7. The summed E-state index contributed by atoms with van der Waals surface area (Å²) in [6.07, 6.45) is 0.917. The van der Waals surface area contributed by atoms with E-state index in [9.17, 15) is 4.79 Å². The van der Waals surface area contributed by atoms with Crippen molar-refractivity contribution >= 4 is 12.0 Å². The molecule has 0 bridgehead atoms. The maximum atomic E-state index is 10.9. The Bertz CT molecular complexity index is 761. The Morgan fingerprint density at radius 3 is 2.20 bits per heavy atom. The molecule has 1 atom stereocenters. The van der Waals surface area contributed by atoms with Gasteiger partial charge >= 0.3 is 0 Å². The van der Waals surface area contributed by atoms with Gasteiger partial charge in [0, 0.05) is 43.5 Å². The van der Waals surface area contributed by atoms with Crippen molar-refractivity contribution in [3.8, 4) is 0 Å². The Kier molecular flexibility index (Phi) is 5.24. The van der Waals surface area contributed by atoms with Crippen molar-refractivity contribution in [3.63, 3.8) is 0 Å². The molecule has 1 heterocycles. The molecule has 0 aliphatic carbocycles. The van der Waals surface area contributed by atoms with Crippen LogP contribution in [0.4, 0.5) is 5.69 Å². The fraction of sp³-hybridized carbons (Fsp3) is 0.409. The second-order valence-corrected chi connectivity index (χ2v) is 7.21. The number of piperazine rings is 1. The summed E-state index contributed by atoms with van der Waals surface area (Å²) in [6.45, 7) is 12.9. The minimum atomic E-state index is 0.444. The second-order valence-electron chi connectivity index (χ2n) is 7.21. The van der Waals surface area contributed by atoms with Crippen molar-refractivity contribution in [1.29, 1.82) is 0 Å². The van der Waals surface area contributed by atoms with Gasteiger partial charge in [-0.25, -0.2) is 0 Å². The number of hydrogen-bond acceptors (Lipinski definition) is 3. The summed E-state index contributed by atoms with van der Waals surface area (Å²) in [6, 6.07) is 13.2. The molecule has 3 rings (SSSR count). The monoisotopic (exact) mass is 336 g/mol. The quantitative estimate of drug-likeness (QED) is 0.778. The molecule has 0 amide bonds. The van der Waals surface area contributed by atoms with Crippen molar-refractivity contribution in [2.24, 2.45) is 0 Å². The third kappa shape index (κ3) is 3.77. The van der Waals surface area contributed by atoms with E-state index >= 15 is 0 Å². The topological polar surface area (TPSA) is 23.6 Å². The molecular weight excluding hydrogens is 308 g/mol. The lowest BCUT2D eigenvalue weighted by molar-refractivity contribution is 0.112. The van der Waals surface area contributed by atoms with Crippen LogP contribution in [0.25, 0.3) is 0 Å². The summed E-state index contributed by atoms with van der Waals surface area (Å²) in [7, 11) is 0. The number of aryl methyl sites for hydroxylation is 3. The number of nitrogens with zero attached hydrogens (tertiary/aromatic N) is 2. The Balaban J connectivity index is 1.67. The molecule has 0 aromatic heterocycles. The second kappa shape index (κ2) is 7.40. The molecule has 0 saturated carbocycles. The van der Waals surface area contributed by atoms with Crippen LogP contribution in [0.2, 0.25) is 0 Å². The fourth-order valence-electron chi connectivity index (χ4n) is 3.69. The fourth-order valence-corrected chi connectivity index (χ4v) is 3.69. The summed E-state index contributed by atoms with van der Waals surface area (Å²) in [4.78, 5) is 15.9. The van der Waals surface area contributed by atoms with E-state index in [1.54, 1.807) is 0 Å². The molecule has 3 heteroatoms. The van der Waals surface area contributed by atoms with Gasteiger partial charge < -0.3 is 4.90 Å². The first kappa shape index (κ1) is 17.7. The molecule has 25 heavy (non-hydrogen) atoms. The van der Waals surface area contributed by atoms with E-state index in [4.69, 9.17) is 0 Å². The van der Waals surface area contributed by atoms with E-state index in [-0.39, 0.29) is 0 Å². The van der Waals surface area contributed by atoms with Gasteiger partial charge in [-0.05, 0) is 68.1 Å². The molecule has 3 nitrogen and oxygen atoms in total. The third-order valence-corrected chi connectivity index (χ3v) is 5.57. The van der Waals surface area contributed by atoms with Crippen LogP contribution >= 0.6 is 0 Å². The van der Waals surface area contributed by atoms with Crippen LogP contribution in [0.5, 0.6) is 0 Å². The molecule has 0 spiro atoms. The van der Waals surface area contributed by atoms with Crippen molar-refractivity contribution in [1.82, 2.24) is 4.90 Å². The van der Waals surface area contributed by atoms with Gasteiger partial charge in [0.25, 0.3) is 0 Å². The Hall–Kier alpha value is -2.13. The highest BCUT2D eigenvalue weighted by Gasteiger charge is 2.23. The number of carbonyl (C=O) groups excluding carboxylic acids is 1. The predicted octanol–water partition coefficient (Wildman–Crippen LogP) is 4.31. The first-order chi connectivity index (χ1) is 12.0. The highest BCUT2D eigenvalue weighted by Crippen LogP contribution is 2.27. The standard InChI is InChI=1S/C22H28N2O/c1-16-5-7-21(14-17(16)2)19(4)23-9-11-24(12-10-23)22-8-6-20(15-25)13-18(22)3/h5-8,13-15,19H,9-12H2,1-4H3. The highest BCUT2D eigenvalue weighted by molar-refractivity contribution is 5.77. The lowest BCUT2D eigenvalue weighted by Gasteiger charge is -2.40. The first-order valence-corrected chi connectivity index (χ1v) is 9.11. The molecule has 2 aromatic carbocycles. The largest absolute Gasteiger partial charge is 0.369 e. The summed E-state index contributed by atoms with van der Waals surface area (Å²) >= 11 is 0. The van der Waals surface area contributed by atoms with Gasteiger partial charge in [-0.1, -0.05) is 18.2 Å². The van der Waals surface area contributed by atoms with Gasteiger partial charge in [0.15, 0.2) is 0 Å². The lowest BCUT2D eigenvalue weighted by atomic mass is 10.0. The van der Waals surface area contributed by atoms with Crippen LogP contribution in [0.3, 0.4) is 0 Å². The average Bonchev–Trinajstić information content (AvgIpc) is 2.63. The van der Waals surface area contributed by atoms with E-state index in [0.717, 1.165) is 38.0 Å². The van der Waals surface area contributed by atoms with E-state index < -0.39 is 0 Å². The number of hydrogen-bond donors (Lipinski definition) is 0. The summed E-state index contributed by atoms with van der Waals surface area (Å²) < 4.78 is 0. The van der Waals surface area contributed by atoms with Crippen molar-refractivity contribution in [2.75, 3.05) is 31.1 Å². The first-order valence-electron chi connectivity index (χ1n) is 9.11. The molecule has 2 aromatic rings. The Morgan fingerprint density at radius 1 is 0.880 bits per heavy atom. The molecule has 1 saturated heterocycles. The molecule has 1 unspecified atom stereocenters. The SMILES string of the molecule is Cc1ccc(C(C)N2CCN(c3ccc(C=O)cc3C)CC2)cc1C. The lowest BCUT2D eigenvalue weighted by Crippen LogP contribution is -2.47. The molecule has 1 aliphatic heterocycles. The van der Waals surface area contributed by atoms with Gasteiger partial charge in [-0.2, -0.15) is 0 Å². The predicted molar refractivity (Wildman–Crippen MR) is 105 cm³/mol. The molecule has 1 fully saturated rings. The zero-order chi connectivity index (χ0) is 18.0. The van der Waals surface area contributed by atoms with Gasteiger partial charge in [0.05, 0.1) is 0 Å². The highest BCUT2D eigenvalue weighted by atomic mass is 16.1. The van der Waals surface area contributed by atoms with E-state index in [2.05, 4.69) is 61.8 Å². The summed E-state index contributed by atoms with van der Waals surface area (Å²) in [5, 5.41) is 0. The third-order valence-electron chi connectivity index (χ3n) is 5.57. The maximum Gasteiger partial charge on any atom is 0.150 e. The molecule has 1 aliphatic rings. The van der Waals surface area contributed by atoms with Crippen LogP contribution < -0.4 is 4.90 Å². The number of benzene rings is 2. The van der Waals surface area contributed by atoms with E-state index in [0.29, 0.717) is 6.04 Å². The van der Waals surface area contributed by atoms with Crippen molar-refractivity contribution in [2.45, 2.75) is 33.7 Å². The van der Waals surface area contributed by atoms with Gasteiger partial charge in [0.2, 0.25) is 0 Å². The molecule has 0 radical (unpaired) electrons. The Labute approximate surface area is 151 Å². The van der Waals surface area contributed by atoms with Crippen molar-refractivity contribution in [3.05, 3.63) is 64.2 Å². The zero-order valence-electron chi connectivity index (χ0n) is 15.7. The summed E-state index contributed by atoms with van der Waals surface area (Å²) in [5.74, 6) is 0. The summed E-state index contributed by atoms with van der Waals surface area (Å²) in [5.41, 5.74) is 7.32. The normalized spacial score (nSPS) is 16.7. The molecular formula is C22H28N2O. The smallest absolute Gasteiger partial charge is 0.150 e. The minimum absolute atomic E-state index is 0.444. The van der Waals surface area contributed by atoms with Gasteiger partial charge in [-0.15, -0.1) is 0 Å². The molecule has 0 N–H and O–H groups in total. The minimum Gasteiger partial charge on any atom is -0.369 e. The van der Waals surface area contributed by atoms with Gasteiger partial charge in [0.1, 0.15) is 6.29 Å². The average molecular weight is 336 g/mol. The number of rotatable bonds is 4. The van der Waals surface area contributed by atoms with E-state index in [1.165, 1.54) is 27.9 Å².